The van der Waals surface area contributed by atoms with Crippen LogP contribution in [0, 0.1) is 0 Å². The SMILES string of the molecule is O=C(CN1CCCCC1)Nc1cc2cc(-c3cncs3)ncc2cn1. The van der Waals surface area contributed by atoms with E-state index in [4.69, 9.17) is 0 Å². The van der Waals surface area contributed by atoms with Gasteiger partial charge in [-0.05, 0) is 43.5 Å². The Balaban J connectivity index is 1.50. The lowest BCUT2D eigenvalue weighted by molar-refractivity contribution is -0.117. The van der Waals surface area contributed by atoms with Crippen molar-refractivity contribution in [2.45, 2.75) is 19.3 Å². The largest absolute Gasteiger partial charge is 0.310 e. The highest BCUT2D eigenvalue weighted by Crippen LogP contribution is 2.25. The Hall–Kier alpha value is -2.38. The van der Waals surface area contributed by atoms with E-state index < -0.39 is 0 Å². The summed E-state index contributed by atoms with van der Waals surface area (Å²) in [5.74, 6) is 0.571. The molecule has 0 unspecified atom stereocenters. The Labute approximate surface area is 149 Å². The Morgan fingerprint density at radius 3 is 2.72 bits per heavy atom. The predicted molar refractivity (Wildman–Crippen MR) is 99.6 cm³/mol. The molecule has 1 amide bonds. The normalized spacial score (nSPS) is 15.4. The molecule has 25 heavy (non-hydrogen) atoms. The molecule has 1 N–H and O–H groups in total. The molecule has 4 heterocycles. The second kappa shape index (κ2) is 7.25. The van der Waals surface area contributed by atoms with Crippen LogP contribution in [-0.4, -0.2) is 45.4 Å². The van der Waals surface area contributed by atoms with Gasteiger partial charge in [0.25, 0.3) is 0 Å². The number of piperidine rings is 1. The minimum Gasteiger partial charge on any atom is -0.310 e. The first-order valence-corrected chi connectivity index (χ1v) is 9.33. The minimum absolute atomic E-state index is 0.00881. The van der Waals surface area contributed by atoms with Crippen LogP contribution in [0.3, 0.4) is 0 Å². The molecule has 0 atom stereocenters. The lowest BCUT2D eigenvalue weighted by atomic mass is 10.1. The van der Waals surface area contributed by atoms with Gasteiger partial charge in [-0.2, -0.15) is 0 Å². The van der Waals surface area contributed by atoms with Crippen molar-refractivity contribution in [2.75, 3.05) is 25.0 Å². The van der Waals surface area contributed by atoms with Crippen LogP contribution < -0.4 is 5.32 Å². The highest BCUT2D eigenvalue weighted by Gasteiger charge is 2.14. The summed E-state index contributed by atoms with van der Waals surface area (Å²) in [6.07, 6.45) is 8.97. The van der Waals surface area contributed by atoms with Crippen LogP contribution in [0.5, 0.6) is 0 Å². The summed E-state index contributed by atoms with van der Waals surface area (Å²) in [6.45, 7) is 2.44. The predicted octanol–water partition coefficient (Wildman–Crippen LogP) is 3.18. The monoisotopic (exact) mass is 353 g/mol. The number of hydrogen-bond acceptors (Lipinski definition) is 6. The first-order chi connectivity index (χ1) is 12.3. The minimum atomic E-state index is -0.00881. The van der Waals surface area contributed by atoms with Crippen LogP contribution in [0.15, 0.2) is 36.2 Å². The molecular weight excluding hydrogens is 334 g/mol. The molecule has 3 aromatic rings. The van der Waals surface area contributed by atoms with Crippen molar-refractivity contribution in [3.05, 3.63) is 36.2 Å². The van der Waals surface area contributed by atoms with Crippen molar-refractivity contribution < 1.29 is 4.79 Å². The fourth-order valence-corrected chi connectivity index (χ4v) is 3.68. The standard InChI is InChI=1S/C18H19N5OS/c24-18(11-23-4-2-1-3-5-23)22-17-7-13-6-15(16-10-19-12-25-16)20-8-14(13)9-21-17/h6-10,12H,1-5,11H2,(H,21,22,24). The molecule has 3 aromatic heterocycles. The molecule has 1 saturated heterocycles. The molecule has 4 rings (SSSR count). The van der Waals surface area contributed by atoms with E-state index in [1.54, 1.807) is 35.4 Å². The van der Waals surface area contributed by atoms with Gasteiger partial charge in [0, 0.05) is 24.0 Å². The number of amides is 1. The molecule has 0 aliphatic carbocycles. The first kappa shape index (κ1) is 16.1. The fraction of sp³-hybridized carbons (Fsp3) is 0.333. The van der Waals surface area contributed by atoms with E-state index in [1.807, 2.05) is 12.1 Å². The Morgan fingerprint density at radius 2 is 1.92 bits per heavy atom. The summed E-state index contributed by atoms with van der Waals surface area (Å²) in [7, 11) is 0. The van der Waals surface area contributed by atoms with Crippen molar-refractivity contribution in [2.24, 2.45) is 0 Å². The molecule has 1 aliphatic rings. The maximum absolute atomic E-state index is 12.3. The number of nitrogens with one attached hydrogen (secondary N) is 1. The zero-order valence-corrected chi connectivity index (χ0v) is 14.6. The van der Waals surface area contributed by atoms with E-state index in [1.165, 1.54) is 19.3 Å². The van der Waals surface area contributed by atoms with Gasteiger partial charge in [-0.15, -0.1) is 11.3 Å². The van der Waals surface area contributed by atoms with Crippen LogP contribution in [0.2, 0.25) is 0 Å². The van der Waals surface area contributed by atoms with Crippen LogP contribution in [-0.2, 0) is 4.79 Å². The maximum Gasteiger partial charge on any atom is 0.239 e. The molecule has 0 bridgehead atoms. The lowest BCUT2D eigenvalue weighted by Gasteiger charge is -2.25. The average Bonchev–Trinajstić information content (AvgIpc) is 3.16. The molecule has 1 aliphatic heterocycles. The average molecular weight is 353 g/mol. The van der Waals surface area contributed by atoms with Gasteiger partial charge in [0.1, 0.15) is 5.82 Å². The molecule has 6 nitrogen and oxygen atoms in total. The van der Waals surface area contributed by atoms with Gasteiger partial charge in [-0.25, -0.2) is 4.98 Å². The van der Waals surface area contributed by atoms with E-state index in [-0.39, 0.29) is 5.91 Å². The van der Waals surface area contributed by atoms with Crippen LogP contribution in [0.25, 0.3) is 21.3 Å². The molecule has 0 radical (unpaired) electrons. The third-order valence-corrected chi connectivity index (χ3v) is 5.17. The van der Waals surface area contributed by atoms with Gasteiger partial charge in [0.05, 0.1) is 22.6 Å². The topological polar surface area (TPSA) is 71.0 Å². The Morgan fingerprint density at radius 1 is 1.08 bits per heavy atom. The fourth-order valence-electron chi connectivity index (χ4n) is 3.09. The zero-order valence-electron chi connectivity index (χ0n) is 13.8. The van der Waals surface area contributed by atoms with Crippen molar-refractivity contribution in [1.82, 2.24) is 19.9 Å². The maximum atomic E-state index is 12.3. The highest BCUT2D eigenvalue weighted by atomic mass is 32.1. The second-order valence-electron chi connectivity index (χ2n) is 6.24. The smallest absolute Gasteiger partial charge is 0.239 e. The van der Waals surface area contributed by atoms with Crippen LogP contribution in [0.4, 0.5) is 5.82 Å². The van der Waals surface area contributed by atoms with Crippen molar-refractivity contribution in [3.63, 3.8) is 0 Å². The first-order valence-electron chi connectivity index (χ1n) is 8.45. The number of aromatic nitrogens is 3. The van der Waals surface area contributed by atoms with Gasteiger partial charge >= 0.3 is 0 Å². The third kappa shape index (κ3) is 3.83. The van der Waals surface area contributed by atoms with Gasteiger partial charge in [0.2, 0.25) is 5.91 Å². The van der Waals surface area contributed by atoms with Crippen LogP contribution >= 0.6 is 11.3 Å². The number of hydrogen-bond donors (Lipinski definition) is 1. The summed E-state index contributed by atoms with van der Waals surface area (Å²) < 4.78 is 0. The number of likely N-dealkylation sites (tertiary alicyclic amines) is 1. The number of pyridine rings is 2. The molecule has 0 aromatic carbocycles. The summed E-state index contributed by atoms with van der Waals surface area (Å²) >= 11 is 1.55. The van der Waals surface area contributed by atoms with Gasteiger partial charge in [-0.3, -0.25) is 19.7 Å². The van der Waals surface area contributed by atoms with E-state index in [0.717, 1.165) is 34.4 Å². The second-order valence-corrected chi connectivity index (χ2v) is 7.12. The highest BCUT2D eigenvalue weighted by molar-refractivity contribution is 7.13. The van der Waals surface area contributed by atoms with Crippen molar-refractivity contribution >= 4 is 33.8 Å². The molecule has 1 fully saturated rings. The van der Waals surface area contributed by atoms with E-state index >= 15 is 0 Å². The summed E-state index contributed by atoms with van der Waals surface area (Å²) in [5.41, 5.74) is 2.67. The van der Waals surface area contributed by atoms with Gasteiger partial charge < -0.3 is 5.32 Å². The van der Waals surface area contributed by atoms with E-state index in [0.29, 0.717) is 12.4 Å². The van der Waals surface area contributed by atoms with Gasteiger partial charge in [-0.1, -0.05) is 6.42 Å². The number of carbonyl (C=O) groups excluding carboxylic acids is 1. The summed E-state index contributed by atoms with van der Waals surface area (Å²) in [4.78, 5) is 28.4. The summed E-state index contributed by atoms with van der Waals surface area (Å²) in [5, 5.41) is 4.86. The van der Waals surface area contributed by atoms with E-state index in [9.17, 15) is 4.79 Å². The number of thiazole rings is 1. The number of anilines is 1. The molecular formula is C18H19N5OS. The van der Waals surface area contributed by atoms with Crippen molar-refractivity contribution in [1.29, 1.82) is 0 Å². The molecule has 0 saturated carbocycles. The van der Waals surface area contributed by atoms with Crippen LogP contribution in [0.1, 0.15) is 19.3 Å². The Bertz CT molecular complexity index is 874. The quantitative estimate of drug-likeness (QED) is 0.780. The molecule has 128 valence electrons. The number of fused-ring (bicyclic) bond motifs is 1. The molecule has 7 heteroatoms. The molecule has 0 spiro atoms. The summed E-state index contributed by atoms with van der Waals surface area (Å²) in [6, 6.07) is 3.90. The zero-order chi connectivity index (χ0) is 17.1. The lowest BCUT2D eigenvalue weighted by Crippen LogP contribution is -2.36. The van der Waals surface area contributed by atoms with Crippen molar-refractivity contribution in [3.8, 4) is 10.6 Å². The number of rotatable bonds is 4. The number of nitrogens with zero attached hydrogens (tertiary/aromatic N) is 4. The van der Waals surface area contributed by atoms with Gasteiger partial charge in [0.15, 0.2) is 0 Å². The van der Waals surface area contributed by atoms with E-state index in [2.05, 4.69) is 25.2 Å². The Kier molecular flexibility index (Phi) is 4.67. The third-order valence-electron chi connectivity index (χ3n) is 4.37. The number of carbonyl (C=O) groups is 1.